The van der Waals surface area contributed by atoms with Gasteiger partial charge < -0.3 is 10.6 Å². The monoisotopic (exact) mass is 273 g/mol. The van der Waals surface area contributed by atoms with Gasteiger partial charge in [0.15, 0.2) is 0 Å². The van der Waals surface area contributed by atoms with Gasteiger partial charge in [-0.15, -0.1) is 0 Å². The van der Waals surface area contributed by atoms with Gasteiger partial charge in [-0.05, 0) is 37.9 Å². The van der Waals surface area contributed by atoms with E-state index >= 15 is 0 Å². The van der Waals surface area contributed by atoms with E-state index in [4.69, 9.17) is 0 Å². The summed E-state index contributed by atoms with van der Waals surface area (Å²) in [4.78, 5) is 14.5. The highest BCUT2D eigenvalue weighted by atomic mass is 16.2. The van der Waals surface area contributed by atoms with Crippen LogP contribution < -0.4 is 10.6 Å². The summed E-state index contributed by atoms with van der Waals surface area (Å²) < 4.78 is 0. The van der Waals surface area contributed by atoms with Crippen LogP contribution >= 0.6 is 0 Å². The van der Waals surface area contributed by atoms with Crippen molar-refractivity contribution in [2.75, 3.05) is 32.0 Å². The Morgan fingerprint density at radius 3 is 3.05 bits per heavy atom. The molecule has 2 aliphatic rings. The van der Waals surface area contributed by atoms with Crippen LogP contribution in [0.1, 0.15) is 18.9 Å². The van der Waals surface area contributed by atoms with E-state index in [9.17, 15) is 4.79 Å². The number of benzene rings is 1. The first-order chi connectivity index (χ1) is 9.62. The normalized spacial score (nSPS) is 29.6. The van der Waals surface area contributed by atoms with Gasteiger partial charge in [0.1, 0.15) is 0 Å². The summed E-state index contributed by atoms with van der Waals surface area (Å²) in [6.45, 7) is 4.93. The number of carbonyl (C=O) groups excluding carboxylic acids is 1. The van der Waals surface area contributed by atoms with Crippen molar-refractivity contribution in [2.24, 2.45) is 5.41 Å². The van der Waals surface area contributed by atoms with E-state index < -0.39 is 0 Å². The minimum Gasteiger partial charge on any atom is -0.383 e. The van der Waals surface area contributed by atoms with Gasteiger partial charge in [0, 0.05) is 31.9 Å². The molecule has 0 bridgehead atoms. The van der Waals surface area contributed by atoms with Crippen molar-refractivity contribution in [1.82, 2.24) is 10.2 Å². The molecule has 2 unspecified atom stereocenters. The van der Waals surface area contributed by atoms with Crippen LogP contribution in [-0.4, -0.2) is 43.5 Å². The lowest BCUT2D eigenvalue weighted by atomic mass is 9.88. The number of nitrogens with zero attached hydrogens (tertiary/aromatic N) is 1. The van der Waals surface area contributed by atoms with Gasteiger partial charge >= 0.3 is 0 Å². The van der Waals surface area contributed by atoms with Crippen LogP contribution in [0.25, 0.3) is 0 Å². The molecule has 1 saturated heterocycles. The number of anilines is 1. The summed E-state index contributed by atoms with van der Waals surface area (Å²) >= 11 is 0. The second-order valence-electron chi connectivity index (χ2n) is 6.26. The first-order valence-electron chi connectivity index (χ1n) is 7.40. The molecule has 3 rings (SSSR count). The average molecular weight is 273 g/mol. The van der Waals surface area contributed by atoms with Crippen molar-refractivity contribution in [3.8, 4) is 0 Å². The summed E-state index contributed by atoms with van der Waals surface area (Å²) in [6, 6.07) is 9.01. The average Bonchev–Trinajstić information content (AvgIpc) is 2.89. The quantitative estimate of drug-likeness (QED) is 0.858. The Morgan fingerprint density at radius 2 is 2.25 bits per heavy atom. The van der Waals surface area contributed by atoms with Crippen LogP contribution in [0, 0.1) is 5.41 Å². The lowest BCUT2D eigenvalue weighted by molar-refractivity contribution is -0.129. The van der Waals surface area contributed by atoms with Gasteiger partial charge in [0.2, 0.25) is 5.91 Å². The Kier molecular flexibility index (Phi) is 3.42. The van der Waals surface area contributed by atoms with E-state index in [-0.39, 0.29) is 11.3 Å². The molecule has 4 heteroatoms. The summed E-state index contributed by atoms with van der Waals surface area (Å²) in [6.07, 6.45) is 2.03. The molecule has 1 fully saturated rings. The van der Waals surface area contributed by atoms with Crippen LogP contribution in [0.5, 0.6) is 0 Å². The number of nitrogens with one attached hydrogen (secondary N) is 2. The van der Waals surface area contributed by atoms with Gasteiger partial charge in [-0.1, -0.05) is 18.2 Å². The zero-order chi connectivity index (χ0) is 14.2. The fraction of sp³-hybridized carbons (Fsp3) is 0.562. The van der Waals surface area contributed by atoms with Gasteiger partial charge in [-0.3, -0.25) is 9.69 Å². The molecule has 0 radical (unpaired) electrons. The van der Waals surface area contributed by atoms with E-state index in [1.807, 2.05) is 0 Å². The molecule has 1 amide bonds. The number of likely N-dealkylation sites (tertiary alicyclic amines) is 1. The van der Waals surface area contributed by atoms with Crippen LogP contribution in [-0.2, 0) is 11.2 Å². The molecule has 2 N–H and O–H groups in total. The highest BCUT2D eigenvalue weighted by Crippen LogP contribution is 2.33. The lowest BCUT2D eigenvalue weighted by Gasteiger charge is -2.34. The zero-order valence-corrected chi connectivity index (χ0v) is 12.3. The molecule has 1 aromatic carbocycles. The fourth-order valence-electron chi connectivity index (χ4n) is 3.48. The van der Waals surface area contributed by atoms with Crippen molar-refractivity contribution in [3.05, 3.63) is 29.8 Å². The predicted molar refractivity (Wildman–Crippen MR) is 80.8 cm³/mol. The van der Waals surface area contributed by atoms with Gasteiger partial charge in [0.25, 0.3) is 0 Å². The molecule has 108 valence electrons. The molecular weight excluding hydrogens is 250 g/mol. The second kappa shape index (κ2) is 5.09. The van der Waals surface area contributed by atoms with E-state index in [1.54, 1.807) is 7.05 Å². The standard InChI is InChI=1S/C16H23N3O/c1-16(15(20)17-2)7-8-19(11-16)13-9-12-5-3-4-6-14(12)18-10-13/h3-6,13,18H,7-11H2,1-2H3,(H,17,20). The van der Waals surface area contributed by atoms with Crippen LogP contribution in [0.2, 0.25) is 0 Å². The smallest absolute Gasteiger partial charge is 0.227 e. The first-order valence-corrected chi connectivity index (χ1v) is 7.40. The maximum Gasteiger partial charge on any atom is 0.227 e. The van der Waals surface area contributed by atoms with E-state index in [1.165, 1.54) is 11.3 Å². The molecule has 0 saturated carbocycles. The number of hydrogen-bond donors (Lipinski definition) is 2. The Bertz CT molecular complexity index is 516. The molecule has 2 heterocycles. The number of carbonyl (C=O) groups is 1. The van der Waals surface area contributed by atoms with Gasteiger partial charge in [-0.25, -0.2) is 0 Å². The van der Waals surface area contributed by atoms with Crippen LogP contribution in [0.3, 0.4) is 0 Å². The summed E-state index contributed by atoms with van der Waals surface area (Å²) in [5.74, 6) is 0.171. The van der Waals surface area contributed by atoms with E-state index in [0.717, 1.165) is 32.5 Å². The van der Waals surface area contributed by atoms with E-state index in [0.29, 0.717) is 6.04 Å². The highest BCUT2D eigenvalue weighted by molar-refractivity contribution is 5.82. The van der Waals surface area contributed by atoms with Crippen molar-refractivity contribution < 1.29 is 4.79 Å². The third-order valence-electron chi connectivity index (χ3n) is 4.80. The summed E-state index contributed by atoms with van der Waals surface area (Å²) in [7, 11) is 1.73. The largest absolute Gasteiger partial charge is 0.383 e. The summed E-state index contributed by atoms with van der Waals surface area (Å²) in [5, 5.41) is 6.32. The Balaban J connectivity index is 1.69. The third kappa shape index (κ3) is 2.29. The fourth-order valence-corrected chi connectivity index (χ4v) is 3.48. The molecule has 2 atom stereocenters. The van der Waals surface area contributed by atoms with Gasteiger partial charge in [-0.2, -0.15) is 0 Å². The molecule has 20 heavy (non-hydrogen) atoms. The molecule has 0 aliphatic carbocycles. The number of fused-ring (bicyclic) bond motifs is 1. The minimum absolute atomic E-state index is 0.171. The number of para-hydroxylation sites is 1. The summed E-state index contributed by atoms with van der Waals surface area (Å²) in [5.41, 5.74) is 2.42. The minimum atomic E-state index is -0.230. The van der Waals surface area contributed by atoms with Crippen molar-refractivity contribution in [3.63, 3.8) is 0 Å². The molecule has 0 spiro atoms. The SMILES string of the molecule is CNC(=O)C1(C)CCN(C2CNc3ccccc3C2)C1. The maximum absolute atomic E-state index is 12.0. The predicted octanol–water partition coefficient (Wildman–Crippen LogP) is 1.48. The topological polar surface area (TPSA) is 44.4 Å². The maximum atomic E-state index is 12.0. The molecular formula is C16H23N3O. The first kappa shape index (κ1) is 13.4. The van der Waals surface area contributed by atoms with Crippen LogP contribution in [0.15, 0.2) is 24.3 Å². The number of hydrogen-bond acceptors (Lipinski definition) is 3. The van der Waals surface area contributed by atoms with E-state index in [2.05, 4.69) is 46.7 Å². The number of amides is 1. The Morgan fingerprint density at radius 1 is 1.45 bits per heavy atom. The van der Waals surface area contributed by atoms with Gasteiger partial charge in [0.05, 0.1) is 5.41 Å². The molecule has 0 aromatic heterocycles. The lowest BCUT2D eigenvalue weighted by Crippen LogP contribution is -2.45. The van der Waals surface area contributed by atoms with Crippen molar-refractivity contribution in [2.45, 2.75) is 25.8 Å². The van der Waals surface area contributed by atoms with Crippen molar-refractivity contribution in [1.29, 1.82) is 0 Å². The van der Waals surface area contributed by atoms with Crippen molar-refractivity contribution >= 4 is 11.6 Å². The van der Waals surface area contributed by atoms with Crippen LogP contribution in [0.4, 0.5) is 5.69 Å². The third-order valence-corrected chi connectivity index (χ3v) is 4.80. The Hall–Kier alpha value is -1.55. The number of rotatable bonds is 2. The molecule has 1 aromatic rings. The molecule has 2 aliphatic heterocycles. The Labute approximate surface area is 120 Å². The second-order valence-corrected chi connectivity index (χ2v) is 6.26. The zero-order valence-electron chi connectivity index (χ0n) is 12.3. The molecule has 4 nitrogen and oxygen atoms in total. The highest BCUT2D eigenvalue weighted by Gasteiger charge is 2.42.